The Morgan fingerprint density at radius 2 is 2.00 bits per heavy atom. The van der Waals surface area contributed by atoms with Gasteiger partial charge >= 0.3 is 5.97 Å². The van der Waals surface area contributed by atoms with Crippen LogP contribution in [0.3, 0.4) is 0 Å². The van der Waals surface area contributed by atoms with E-state index in [-0.39, 0.29) is 12.2 Å². The molecule has 2 N–H and O–H groups in total. The first-order valence-corrected chi connectivity index (χ1v) is 7.34. The van der Waals surface area contributed by atoms with E-state index >= 15 is 0 Å². The maximum atomic E-state index is 10.8. The minimum absolute atomic E-state index is 0.222. The van der Waals surface area contributed by atoms with Gasteiger partial charge in [-0.25, -0.2) is 4.79 Å². The fraction of sp³-hybridized carbons (Fsp3) is 0.125. The number of hydrogen-bond acceptors (Lipinski definition) is 5. The van der Waals surface area contributed by atoms with E-state index in [9.17, 15) is 4.79 Å². The van der Waals surface area contributed by atoms with Crippen LogP contribution >= 0.6 is 15.9 Å². The van der Waals surface area contributed by atoms with Gasteiger partial charge in [-0.15, -0.1) is 0 Å². The first-order chi connectivity index (χ1) is 11.0. The predicted molar refractivity (Wildman–Crippen MR) is 87.8 cm³/mol. The smallest absolute Gasteiger partial charge is 0.335 e. The van der Waals surface area contributed by atoms with Crippen molar-refractivity contribution >= 4 is 28.1 Å². The van der Waals surface area contributed by atoms with Gasteiger partial charge in [0.1, 0.15) is 6.61 Å². The van der Waals surface area contributed by atoms with Crippen LogP contribution in [-0.2, 0) is 6.61 Å². The van der Waals surface area contributed by atoms with Crippen LogP contribution in [0, 0.1) is 0 Å². The summed E-state index contributed by atoms with van der Waals surface area (Å²) in [5.74, 6) is 0.0179. The van der Waals surface area contributed by atoms with E-state index in [1.54, 1.807) is 24.3 Å². The molecule has 0 radical (unpaired) electrons. The van der Waals surface area contributed by atoms with E-state index in [4.69, 9.17) is 19.8 Å². The van der Waals surface area contributed by atoms with Crippen molar-refractivity contribution in [1.82, 2.24) is 0 Å². The summed E-state index contributed by atoms with van der Waals surface area (Å²) in [6.45, 7) is 0.252. The quantitative estimate of drug-likeness (QED) is 0.455. The zero-order valence-corrected chi connectivity index (χ0v) is 13.8. The molecule has 0 bridgehead atoms. The lowest BCUT2D eigenvalue weighted by atomic mass is 10.1. The van der Waals surface area contributed by atoms with Gasteiger partial charge in [-0.1, -0.05) is 17.3 Å². The van der Waals surface area contributed by atoms with Gasteiger partial charge in [0.15, 0.2) is 11.5 Å². The molecule has 120 valence electrons. The van der Waals surface area contributed by atoms with Gasteiger partial charge in [-0.3, -0.25) is 0 Å². The Kier molecular flexibility index (Phi) is 5.59. The van der Waals surface area contributed by atoms with Gasteiger partial charge < -0.3 is 19.8 Å². The van der Waals surface area contributed by atoms with Gasteiger partial charge in [0.05, 0.1) is 23.4 Å². The Balaban J connectivity index is 2.18. The van der Waals surface area contributed by atoms with Crippen LogP contribution in [0.1, 0.15) is 21.5 Å². The highest BCUT2D eigenvalue weighted by Crippen LogP contribution is 2.36. The monoisotopic (exact) mass is 379 g/mol. The zero-order valence-electron chi connectivity index (χ0n) is 12.2. The van der Waals surface area contributed by atoms with Crippen LogP contribution in [0.4, 0.5) is 0 Å². The van der Waals surface area contributed by atoms with Crippen LogP contribution < -0.4 is 9.47 Å². The second-order valence-corrected chi connectivity index (χ2v) is 5.42. The minimum Gasteiger partial charge on any atom is -0.493 e. The molecule has 0 aliphatic carbocycles. The van der Waals surface area contributed by atoms with E-state index in [0.29, 0.717) is 21.5 Å². The third kappa shape index (κ3) is 4.23. The Morgan fingerprint density at radius 3 is 2.57 bits per heavy atom. The van der Waals surface area contributed by atoms with E-state index in [2.05, 4.69) is 21.1 Å². The summed E-state index contributed by atoms with van der Waals surface area (Å²) in [5, 5.41) is 20.5. The largest absolute Gasteiger partial charge is 0.493 e. The number of oxime groups is 1. The summed E-state index contributed by atoms with van der Waals surface area (Å²) in [7, 11) is 1.51. The first-order valence-electron chi connectivity index (χ1n) is 6.55. The Bertz CT molecular complexity index is 728. The van der Waals surface area contributed by atoms with Crippen LogP contribution in [0.25, 0.3) is 0 Å². The topological polar surface area (TPSA) is 88.4 Å². The van der Waals surface area contributed by atoms with Crippen molar-refractivity contribution in [2.24, 2.45) is 5.16 Å². The molecular weight excluding hydrogens is 366 g/mol. The Morgan fingerprint density at radius 1 is 1.30 bits per heavy atom. The molecule has 0 aliphatic heterocycles. The number of benzene rings is 2. The van der Waals surface area contributed by atoms with E-state index < -0.39 is 5.97 Å². The predicted octanol–water partition coefficient (Wildman–Crippen LogP) is 3.54. The molecule has 0 atom stereocenters. The van der Waals surface area contributed by atoms with E-state index in [1.807, 2.05) is 0 Å². The maximum absolute atomic E-state index is 10.8. The lowest BCUT2D eigenvalue weighted by Gasteiger charge is -2.13. The number of hydrogen-bond donors (Lipinski definition) is 2. The Hall–Kier alpha value is -2.54. The molecule has 0 amide bonds. The van der Waals surface area contributed by atoms with Gasteiger partial charge in [-0.2, -0.15) is 0 Å². The lowest BCUT2D eigenvalue weighted by molar-refractivity contribution is 0.0697. The van der Waals surface area contributed by atoms with Crippen LogP contribution in [-0.4, -0.2) is 29.6 Å². The molecule has 0 unspecified atom stereocenters. The number of halogens is 1. The maximum Gasteiger partial charge on any atom is 0.335 e. The average Bonchev–Trinajstić information content (AvgIpc) is 2.54. The number of carboxylic acids is 1. The summed E-state index contributed by atoms with van der Waals surface area (Å²) in [6, 6.07) is 9.83. The molecule has 2 aromatic rings. The van der Waals surface area contributed by atoms with E-state index in [1.165, 1.54) is 25.5 Å². The Labute approximate surface area is 141 Å². The fourth-order valence-electron chi connectivity index (χ4n) is 1.92. The molecule has 0 saturated carbocycles. The second kappa shape index (κ2) is 7.64. The SMILES string of the molecule is COc1cc(/C=N\O)cc(Br)c1OCc1ccc(C(=O)O)cc1. The molecule has 2 aromatic carbocycles. The highest BCUT2D eigenvalue weighted by atomic mass is 79.9. The third-order valence-corrected chi connectivity index (χ3v) is 3.63. The number of ether oxygens (including phenoxy) is 2. The molecule has 0 aliphatic rings. The van der Waals surface area contributed by atoms with Crippen molar-refractivity contribution in [3.8, 4) is 11.5 Å². The van der Waals surface area contributed by atoms with Crippen molar-refractivity contribution < 1.29 is 24.6 Å². The number of rotatable bonds is 6. The average molecular weight is 380 g/mol. The summed E-state index contributed by atoms with van der Waals surface area (Å²) in [4.78, 5) is 10.8. The number of aromatic carboxylic acids is 1. The zero-order chi connectivity index (χ0) is 16.8. The molecule has 0 heterocycles. The summed E-state index contributed by atoms with van der Waals surface area (Å²) < 4.78 is 11.7. The number of nitrogens with zero attached hydrogens (tertiary/aromatic N) is 1. The van der Waals surface area contributed by atoms with Crippen molar-refractivity contribution in [3.63, 3.8) is 0 Å². The van der Waals surface area contributed by atoms with Gasteiger partial charge in [0.2, 0.25) is 0 Å². The molecule has 0 aromatic heterocycles. The first kappa shape index (κ1) is 16.8. The highest BCUT2D eigenvalue weighted by molar-refractivity contribution is 9.10. The fourth-order valence-corrected chi connectivity index (χ4v) is 2.49. The molecule has 6 nitrogen and oxygen atoms in total. The van der Waals surface area contributed by atoms with Crippen molar-refractivity contribution in [2.45, 2.75) is 6.61 Å². The molecule has 0 saturated heterocycles. The normalized spacial score (nSPS) is 10.7. The summed E-state index contributed by atoms with van der Waals surface area (Å²) in [5.41, 5.74) is 1.69. The molecule has 7 heteroatoms. The standard InChI is InChI=1S/C16H14BrNO5/c1-22-14-7-11(8-18-21)6-13(17)15(14)23-9-10-2-4-12(5-3-10)16(19)20/h2-8,21H,9H2,1H3,(H,19,20)/b18-8-. The number of carbonyl (C=O) groups is 1. The number of methoxy groups -OCH3 is 1. The van der Waals surface area contributed by atoms with Crippen LogP contribution in [0.2, 0.25) is 0 Å². The van der Waals surface area contributed by atoms with Crippen molar-refractivity contribution in [1.29, 1.82) is 0 Å². The van der Waals surface area contributed by atoms with Crippen LogP contribution in [0.5, 0.6) is 11.5 Å². The van der Waals surface area contributed by atoms with E-state index in [0.717, 1.165) is 5.56 Å². The van der Waals surface area contributed by atoms with Crippen molar-refractivity contribution in [2.75, 3.05) is 7.11 Å². The minimum atomic E-state index is -0.969. The van der Waals surface area contributed by atoms with Gasteiger partial charge in [0, 0.05) is 5.56 Å². The van der Waals surface area contributed by atoms with Gasteiger partial charge in [-0.05, 0) is 45.8 Å². The summed E-state index contributed by atoms with van der Waals surface area (Å²) >= 11 is 3.39. The van der Waals surface area contributed by atoms with Gasteiger partial charge in [0.25, 0.3) is 0 Å². The molecule has 23 heavy (non-hydrogen) atoms. The van der Waals surface area contributed by atoms with Crippen LogP contribution in [0.15, 0.2) is 46.0 Å². The lowest BCUT2D eigenvalue weighted by Crippen LogP contribution is -2.01. The molecule has 0 fully saturated rings. The van der Waals surface area contributed by atoms with Crippen molar-refractivity contribution in [3.05, 3.63) is 57.6 Å². The number of carboxylic acid groups (broad SMARTS) is 1. The third-order valence-electron chi connectivity index (χ3n) is 3.04. The summed E-state index contributed by atoms with van der Waals surface area (Å²) in [6.07, 6.45) is 1.28. The molecule has 0 spiro atoms. The molecule has 2 rings (SSSR count). The highest BCUT2D eigenvalue weighted by Gasteiger charge is 2.12. The molecular formula is C16H14BrNO5. The second-order valence-electron chi connectivity index (χ2n) is 4.57.